The topological polar surface area (TPSA) is 80.1 Å². The Balaban J connectivity index is 1.55. The molecule has 8 heteroatoms. The average molecular weight is 458 g/mol. The third kappa shape index (κ3) is 5.35. The lowest BCUT2D eigenvalue weighted by Gasteiger charge is -2.20. The molecule has 7 nitrogen and oxygen atoms in total. The van der Waals surface area contributed by atoms with Gasteiger partial charge in [0.05, 0.1) is 17.8 Å². The largest absolute Gasteiger partial charge is 0.350 e. The highest BCUT2D eigenvalue weighted by atomic mass is 19.1. The molecule has 2 amide bonds. The maximum absolute atomic E-state index is 13.5. The SMILES string of the molecule is CCN(CC(=O)NCc1ccc(F)cc1)C(=O)c1cn(-c2ccccc2)nc1-c1cccnc1. The number of hydrogen-bond acceptors (Lipinski definition) is 4. The zero-order valence-corrected chi connectivity index (χ0v) is 18.7. The van der Waals surface area contributed by atoms with E-state index in [-0.39, 0.29) is 30.7 Å². The lowest BCUT2D eigenvalue weighted by atomic mass is 10.1. The molecule has 2 aromatic carbocycles. The summed E-state index contributed by atoms with van der Waals surface area (Å²) in [5, 5.41) is 7.43. The Kier molecular flexibility index (Phi) is 7.07. The molecule has 0 spiro atoms. The summed E-state index contributed by atoms with van der Waals surface area (Å²) in [6.45, 7) is 2.29. The molecule has 0 aliphatic carbocycles. The molecular formula is C26H24FN5O2. The van der Waals surface area contributed by atoms with Crippen LogP contribution in [0.15, 0.2) is 85.3 Å². The molecule has 2 aromatic heterocycles. The maximum atomic E-state index is 13.5. The van der Waals surface area contributed by atoms with Crippen molar-refractivity contribution in [3.05, 3.63) is 102 Å². The number of hydrogen-bond donors (Lipinski definition) is 1. The van der Waals surface area contributed by atoms with E-state index in [1.165, 1.54) is 17.0 Å². The summed E-state index contributed by atoms with van der Waals surface area (Å²) in [6, 6.07) is 19.0. The highest BCUT2D eigenvalue weighted by Crippen LogP contribution is 2.24. The van der Waals surface area contributed by atoms with Crippen LogP contribution in [0.4, 0.5) is 4.39 Å². The van der Waals surface area contributed by atoms with Crippen molar-refractivity contribution in [3.63, 3.8) is 0 Å². The minimum atomic E-state index is -0.335. The number of para-hydroxylation sites is 1. The Bertz CT molecular complexity index is 1260. The molecule has 0 radical (unpaired) electrons. The third-order valence-electron chi connectivity index (χ3n) is 5.31. The maximum Gasteiger partial charge on any atom is 0.258 e. The van der Waals surface area contributed by atoms with Crippen LogP contribution in [0.25, 0.3) is 16.9 Å². The van der Waals surface area contributed by atoms with Crippen LogP contribution in [0.2, 0.25) is 0 Å². The van der Waals surface area contributed by atoms with Gasteiger partial charge in [0.15, 0.2) is 0 Å². The van der Waals surface area contributed by atoms with Crippen molar-refractivity contribution >= 4 is 11.8 Å². The van der Waals surface area contributed by atoms with Gasteiger partial charge in [-0.1, -0.05) is 30.3 Å². The molecule has 0 unspecified atom stereocenters. The van der Waals surface area contributed by atoms with E-state index in [1.807, 2.05) is 43.3 Å². The number of carbonyl (C=O) groups is 2. The van der Waals surface area contributed by atoms with E-state index in [1.54, 1.807) is 41.5 Å². The molecular weight excluding hydrogens is 433 g/mol. The molecule has 0 fully saturated rings. The standard InChI is InChI=1S/C26H24FN5O2/c1-2-31(18-24(33)29-15-19-10-12-21(27)13-11-19)26(34)23-17-32(22-8-4-3-5-9-22)30-25(23)20-7-6-14-28-16-20/h3-14,16-17H,2,15,18H2,1H3,(H,29,33). The van der Waals surface area contributed by atoms with Gasteiger partial charge in [0.25, 0.3) is 5.91 Å². The van der Waals surface area contributed by atoms with E-state index in [2.05, 4.69) is 15.4 Å². The summed E-state index contributed by atoms with van der Waals surface area (Å²) in [5.74, 6) is -0.948. The molecule has 34 heavy (non-hydrogen) atoms. The molecule has 1 N–H and O–H groups in total. The van der Waals surface area contributed by atoms with E-state index in [4.69, 9.17) is 0 Å². The van der Waals surface area contributed by atoms with Gasteiger partial charge in [-0.3, -0.25) is 14.6 Å². The Morgan fingerprint density at radius 2 is 1.79 bits per heavy atom. The van der Waals surface area contributed by atoms with Crippen LogP contribution < -0.4 is 5.32 Å². The molecule has 0 saturated heterocycles. The lowest BCUT2D eigenvalue weighted by Crippen LogP contribution is -2.40. The van der Waals surface area contributed by atoms with E-state index in [0.717, 1.165) is 11.3 Å². The summed E-state index contributed by atoms with van der Waals surface area (Å²) >= 11 is 0. The number of likely N-dealkylation sites (N-methyl/N-ethyl adjacent to an activating group) is 1. The summed E-state index contributed by atoms with van der Waals surface area (Å²) in [5.41, 5.74) is 3.16. The van der Waals surface area contributed by atoms with E-state index in [0.29, 0.717) is 23.4 Å². The molecule has 4 rings (SSSR count). The quantitative estimate of drug-likeness (QED) is 0.436. The first-order valence-corrected chi connectivity index (χ1v) is 10.9. The minimum Gasteiger partial charge on any atom is -0.350 e. The average Bonchev–Trinajstić information content (AvgIpc) is 3.33. The van der Waals surface area contributed by atoms with Gasteiger partial charge in [-0.25, -0.2) is 9.07 Å². The number of aromatic nitrogens is 3. The Morgan fingerprint density at radius 1 is 1.03 bits per heavy atom. The monoisotopic (exact) mass is 457 g/mol. The summed E-state index contributed by atoms with van der Waals surface area (Å²) in [6.07, 6.45) is 4.99. The van der Waals surface area contributed by atoms with Crippen molar-refractivity contribution < 1.29 is 14.0 Å². The van der Waals surface area contributed by atoms with Crippen LogP contribution in [0, 0.1) is 5.82 Å². The van der Waals surface area contributed by atoms with Gasteiger partial charge in [-0.05, 0) is 48.9 Å². The molecule has 2 heterocycles. The first kappa shape index (κ1) is 22.8. The molecule has 0 aliphatic rings. The third-order valence-corrected chi connectivity index (χ3v) is 5.31. The predicted octanol–water partition coefficient (Wildman–Crippen LogP) is 3.85. The highest BCUT2D eigenvalue weighted by molar-refractivity contribution is 6.01. The fourth-order valence-corrected chi connectivity index (χ4v) is 3.49. The summed E-state index contributed by atoms with van der Waals surface area (Å²) in [7, 11) is 0. The molecule has 172 valence electrons. The van der Waals surface area contributed by atoms with E-state index < -0.39 is 0 Å². The number of amides is 2. The first-order valence-electron chi connectivity index (χ1n) is 10.9. The zero-order valence-electron chi connectivity index (χ0n) is 18.7. The number of benzene rings is 2. The lowest BCUT2D eigenvalue weighted by molar-refractivity contribution is -0.121. The van der Waals surface area contributed by atoms with Crippen LogP contribution >= 0.6 is 0 Å². The smallest absolute Gasteiger partial charge is 0.258 e. The summed E-state index contributed by atoms with van der Waals surface area (Å²) in [4.78, 5) is 31.7. The second-order valence-corrected chi connectivity index (χ2v) is 7.64. The fraction of sp³-hybridized carbons (Fsp3) is 0.154. The van der Waals surface area contributed by atoms with Gasteiger partial charge in [-0.15, -0.1) is 0 Å². The van der Waals surface area contributed by atoms with Crippen molar-refractivity contribution in [2.45, 2.75) is 13.5 Å². The van der Waals surface area contributed by atoms with Crippen LogP contribution in [0.5, 0.6) is 0 Å². The van der Waals surface area contributed by atoms with Crippen molar-refractivity contribution in [2.75, 3.05) is 13.1 Å². The fourth-order valence-electron chi connectivity index (χ4n) is 3.49. The van der Waals surface area contributed by atoms with Gasteiger partial charge in [-0.2, -0.15) is 5.10 Å². The number of carbonyl (C=O) groups excluding carboxylic acids is 2. The molecule has 0 aliphatic heterocycles. The van der Waals surface area contributed by atoms with Gasteiger partial charge >= 0.3 is 0 Å². The highest BCUT2D eigenvalue weighted by Gasteiger charge is 2.24. The number of rotatable bonds is 8. The van der Waals surface area contributed by atoms with Crippen molar-refractivity contribution in [1.29, 1.82) is 0 Å². The van der Waals surface area contributed by atoms with Crippen LogP contribution in [-0.4, -0.2) is 44.6 Å². The van der Waals surface area contributed by atoms with Crippen molar-refractivity contribution in [3.8, 4) is 16.9 Å². The normalized spacial score (nSPS) is 10.6. The Labute approximate surface area is 196 Å². The Hall–Kier alpha value is -4.33. The van der Waals surface area contributed by atoms with Crippen molar-refractivity contribution in [2.24, 2.45) is 0 Å². The minimum absolute atomic E-state index is 0.112. The van der Waals surface area contributed by atoms with Crippen LogP contribution in [0.3, 0.4) is 0 Å². The second-order valence-electron chi connectivity index (χ2n) is 7.64. The zero-order chi connectivity index (χ0) is 23.9. The number of halogens is 1. The molecule has 0 saturated carbocycles. The van der Waals surface area contributed by atoms with E-state index in [9.17, 15) is 14.0 Å². The van der Waals surface area contributed by atoms with Crippen LogP contribution in [0.1, 0.15) is 22.8 Å². The molecule has 4 aromatic rings. The number of nitrogens with one attached hydrogen (secondary N) is 1. The second kappa shape index (κ2) is 10.5. The van der Waals surface area contributed by atoms with Gasteiger partial charge in [0, 0.05) is 37.2 Å². The van der Waals surface area contributed by atoms with Gasteiger partial charge in [0.1, 0.15) is 11.5 Å². The number of pyridine rings is 1. The summed E-state index contributed by atoms with van der Waals surface area (Å²) < 4.78 is 14.7. The Morgan fingerprint density at radius 3 is 2.47 bits per heavy atom. The van der Waals surface area contributed by atoms with Gasteiger partial charge < -0.3 is 10.2 Å². The first-order chi connectivity index (χ1) is 16.5. The van der Waals surface area contributed by atoms with Crippen LogP contribution in [-0.2, 0) is 11.3 Å². The number of nitrogens with zero attached hydrogens (tertiary/aromatic N) is 4. The van der Waals surface area contributed by atoms with Crippen molar-refractivity contribution in [1.82, 2.24) is 25.0 Å². The van der Waals surface area contributed by atoms with E-state index >= 15 is 0 Å². The molecule has 0 atom stereocenters. The predicted molar refractivity (Wildman–Crippen MR) is 127 cm³/mol. The van der Waals surface area contributed by atoms with Gasteiger partial charge in [0.2, 0.25) is 5.91 Å². The molecule has 0 bridgehead atoms.